The summed E-state index contributed by atoms with van der Waals surface area (Å²) in [7, 11) is 0. The molecule has 0 bridgehead atoms. The van der Waals surface area contributed by atoms with E-state index in [1.807, 2.05) is 45.0 Å². The van der Waals surface area contributed by atoms with Crippen molar-refractivity contribution >= 4 is 32.8 Å². The van der Waals surface area contributed by atoms with E-state index in [1.165, 1.54) is 11.3 Å². The Morgan fingerprint density at radius 3 is 2.77 bits per heavy atom. The zero-order valence-corrected chi connectivity index (χ0v) is 17.7. The van der Waals surface area contributed by atoms with Gasteiger partial charge in [-0.05, 0) is 24.3 Å². The molecule has 0 aliphatic heterocycles. The molecule has 4 aromatic heterocycles. The van der Waals surface area contributed by atoms with Gasteiger partial charge < -0.3 is 9.84 Å². The number of nitrogens with zero attached hydrogens (tertiary/aromatic N) is 5. The van der Waals surface area contributed by atoms with Crippen molar-refractivity contribution < 1.29 is 9.32 Å². The van der Waals surface area contributed by atoms with Gasteiger partial charge in [-0.15, -0.1) is 0 Å². The van der Waals surface area contributed by atoms with Crippen LogP contribution >= 0.6 is 11.3 Å². The summed E-state index contributed by atoms with van der Waals surface area (Å²) in [4.78, 5) is 30.4. The van der Waals surface area contributed by atoms with E-state index in [2.05, 4.69) is 35.7 Å². The van der Waals surface area contributed by atoms with Crippen LogP contribution in [0.1, 0.15) is 32.5 Å². The van der Waals surface area contributed by atoms with Gasteiger partial charge in [0, 0.05) is 36.3 Å². The Balaban J connectivity index is 1.34. The number of hydrogen-bond acceptors (Lipinski definition) is 8. The first-order valence-corrected chi connectivity index (χ1v) is 10.3. The highest BCUT2D eigenvalue weighted by atomic mass is 32.1. The van der Waals surface area contributed by atoms with Crippen LogP contribution in [0.2, 0.25) is 0 Å². The zero-order chi connectivity index (χ0) is 21.1. The summed E-state index contributed by atoms with van der Waals surface area (Å²) < 4.78 is 5.25. The highest BCUT2D eigenvalue weighted by molar-refractivity contribution is 7.21. The molecule has 0 saturated carbocycles. The summed E-state index contributed by atoms with van der Waals surface area (Å²) in [5, 5.41) is 9.95. The second-order valence-corrected chi connectivity index (χ2v) is 8.66. The predicted molar refractivity (Wildman–Crippen MR) is 114 cm³/mol. The summed E-state index contributed by atoms with van der Waals surface area (Å²) in [5.41, 5.74) is 2.26. The number of rotatable bonds is 5. The van der Waals surface area contributed by atoms with Gasteiger partial charge in [0.15, 0.2) is 11.0 Å². The van der Waals surface area contributed by atoms with Crippen molar-refractivity contribution in [1.82, 2.24) is 30.4 Å². The minimum atomic E-state index is -0.346. The largest absolute Gasteiger partial charge is 0.339 e. The average Bonchev–Trinajstić information content (AvgIpc) is 3.34. The molecule has 0 saturated heterocycles. The number of amides is 2. The maximum Gasteiger partial charge on any atom is 0.321 e. The molecule has 0 fully saturated rings. The first-order valence-electron chi connectivity index (χ1n) is 9.44. The molecule has 30 heavy (non-hydrogen) atoms. The second kappa shape index (κ2) is 8.15. The first kappa shape index (κ1) is 19.9. The van der Waals surface area contributed by atoms with Gasteiger partial charge in [0.1, 0.15) is 10.3 Å². The monoisotopic (exact) mass is 423 g/mol. The Morgan fingerprint density at radius 1 is 1.17 bits per heavy atom. The molecule has 0 spiro atoms. The minimum Gasteiger partial charge on any atom is -0.339 e. The number of fused-ring (bicyclic) bond motifs is 1. The van der Waals surface area contributed by atoms with Gasteiger partial charge in [0.25, 0.3) is 0 Å². The van der Waals surface area contributed by atoms with Crippen molar-refractivity contribution in [2.24, 2.45) is 0 Å². The highest BCUT2D eigenvalue weighted by Gasteiger charge is 2.21. The number of urea groups is 1. The highest BCUT2D eigenvalue weighted by Crippen LogP contribution is 2.27. The lowest BCUT2D eigenvalue weighted by molar-refractivity contribution is 0.252. The van der Waals surface area contributed by atoms with Gasteiger partial charge in [0.2, 0.25) is 5.89 Å². The zero-order valence-electron chi connectivity index (χ0n) is 16.8. The van der Waals surface area contributed by atoms with Crippen molar-refractivity contribution in [3.8, 4) is 11.3 Å². The van der Waals surface area contributed by atoms with E-state index in [4.69, 9.17) is 4.52 Å². The number of pyridine rings is 2. The van der Waals surface area contributed by atoms with Crippen molar-refractivity contribution in [2.45, 2.75) is 32.6 Å². The molecule has 9 nitrogen and oxygen atoms in total. The minimum absolute atomic E-state index is 0.201. The third-order valence-corrected chi connectivity index (χ3v) is 5.06. The maximum atomic E-state index is 12.2. The van der Waals surface area contributed by atoms with Gasteiger partial charge in [-0.1, -0.05) is 37.3 Å². The molecular formula is C20H21N7O2S. The Hall–Kier alpha value is -3.40. The Labute approximate surface area is 177 Å². The molecule has 4 heterocycles. The van der Waals surface area contributed by atoms with E-state index in [-0.39, 0.29) is 11.4 Å². The molecule has 4 rings (SSSR count). The van der Waals surface area contributed by atoms with Crippen LogP contribution in [0, 0.1) is 0 Å². The molecule has 0 aliphatic rings. The van der Waals surface area contributed by atoms with Crippen LogP contribution in [0.5, 0.6) is 0 Å². The van der Waals surface area contributed by atoms with Gasteiger partial charge >= 0.3 is 6.03 Å². The lowest BCUT2D eigenvalue weighted by Gasteiger charge is -2.10. The number of anilines is 1. The van der Waals surface area contributed by atoms with Crippen molar-refractivity contribution in [3.63, 3.8) is 0 Å². The van der Waals surface area contributed by atoms with E-state index in [1.54, 1.807) is 12.4 Å². The topological polar surface area (TPSA) is 119 Å². The molecule has 154 valence electrons. The lowest BCUT2D eigenvalue weighted by atomic mass is 9.97. The summed E-state index contributed by atoms with van der Waals surface area (Å²) in [6.07, 6.45) is 3.95. The molecular weight excluding hydrogens is 402 g/mol. The Bertz CT molecular complexity index is 1160. The molecule has 0 aliphatic carbocycles. The number of hydrogen-bond donors (Lipinski definition) is 2. The summed E-state index contributed by atoms with van der Waals surface area (Å²) in [5.74, 6) is 1.14. The van der Waals surface area contributed by atoms with Gasteiger partial charge in [-0.2, -0.15) is 4.98 Å². The number of thiazole rings is 1. The van der Waals surface area contributed by atoms with E-state index >= 15 is 0 Å². The summed E-state index contributed by atoms with van der Waals surface area (Å²) in [6, 6.07) is 7.24. The van der Waals surface area contributed by atoms with Crippen LogP contribution < -0.4 is 10.6 Å². The summed E-state index contributed by atoms with van der Waals surface area (Å²) in [6.45, 7) is 6.39. The number of carbonyl (C=O) groups is 1. The van der Waals surface area contributed by atoms with Gasteiger partial charge in [0.05, 0.1) is 5.69 Å². The number of aromatic nitrogens is 5. The van der Waals surface area contributed by atoms with Gasteiger partial charge in [-0.25, -0.2) is 14.8 Å². The molecule has 0 unspecified atom stereocenters. The number of carbonyl (C=O) groups excluding carboxylic acids is 1. The standard InChI is InChI=1S/C20H21N7O2S/c1-20(2,3)17-25-15(27-29-17)8-10-22-18(28)26-19-24-14-7-6-13(23-16(14)30-19)12-5-4-9-21-11-12/h4-7,9,11H,8,10H2,1-3H3,(H2,22,24,26,28). The van der Waals surface area contributed by atoms with E-state index in [9.17, 15) is 4.79 Å². The van der Waals surface area contributed by atoms with E-state index in [0.29, 0.717) is 29.8 Å². The summed E-state index contributed by atoms with van der Waals surface area (Å²) >= 11 is 1.32. The van der Waals surface area contributed by atoms with Crippen LogP contribution in [0.25, 0.3) is 21.6 Å². The fraction of sp³-hybridized carbons (Fsp3) is 0.300. The normalized spacial score (nSPS) is 11.6. The second-order valence-electron chi connectivity index (χ2n) is 7.68. The van der Waals surface area contributed by atoms with Crippen molar-refractivity contribution in [2.75, 3.05) is 11.9 Å². The lowest BCUT2D eigenvalue weighted by Crippen LogP contribution is -2.30. The third-order valence-electron chi connectivity index (χ3n) is 4.18. The molecule has 0 radical (unpaired) electrons. The van der Waals surface area contributed by atoms with Crippen molar-refractivity contribution in [3.05, 3.63) is 48.4 Å². The predicted octanol–water partition coefficient (Wildman–Crippen LogP) is 3.80. The molecule has 10 heteroatoms. The Kier molecular flexibility index (Phi) is 5.40. The Morgan fingerprint density at radius 2 is 2.03 bits per heavy atom. The van der Waals surface area contributed by atoms with E-state index < -0.39 is 0 Å². The molecule has 4 aromatic rings. The first-order chi connectivity index (χ1) is 14.4. The van der Waals surface area contributed by atoms with E-state index in [0.717, 1.165) is 21.6 Å². The smallest absolute Gasteiger partial charge is 0.321 e. The molecule has 0 aromatic carbocycles. The SMILES string of the molecule is CC(C)(C)c1nc(CCNC(=O)Nc2nc3ccc(-c4cccnc4)nc3s2)no1. The third kappa shape index (κ3) is 4.60. The average molecular weight is 424 g/mol. The maximum absolute atomic E-state index is 12.2. The van der Waals surface area contributed by atoms with Crippen LogP contribution in [-0.4, -0.2) is 37.7 Å². The quantitative estimate of drug-likeness (QED) is 0.501. The van der Waals surface area contributed by atoms with Crippen LogP contribution in [0.15, 0.2) is 41.2 Å². The van der Waals surface area contributed by atoms with Crippen LogP contribution in [0.3, 0.4) is 0 Å². The molecule has 0 atom stereocenters. The van der Waals surface area contributed by atoms with Crippen LogP contribution in [-0.2, 0) is 11.8 Å². The van der Waals surface area contributed by atoms with Crippen molar-refractivity contribution in [1.29, 1.82) is 0 Å². The molecule has 2 N–H and O–H groups in total. The fourth-order valence-electron chi connectivity index (χ4n) is 2.63. The number of nitrogens with one attached hydrogen (secondary N) is 2. The molecule has 2 amide bonds. The van der Waals surface area contributed by atoms with Gasteiger partial charge in [-0.3, -0.25) is 10.3 Å². The van der Waals surface area contributed by atoms with Crippen LogP contribution in [0.4, 0.5) is 9.93 Å². The fourth-order valence-corrected chi connectivity index (χ4v) is 3.47.